The molecule has 0 saturated carbocycles. The van der Waals surface area contributed by atoms with Crippen molar-refractivity contribution in [1.29, 1.82) is 0 Å². The number of esters is 1. The Morgan fingerprint density at radius 2 is 1.89 bits per heavy atom. The van der Waals surface area contributed by atoms with E-state index in [1.54, 1.807) is 0 Å². The average Bonchev–Trinajstić information content (AvgIpc) is 3.08. The number of piperazine rings is 1. The lowest BCUT2D eigenvalue weighted by atomic mass is 10.1. The Hall–Kier alpha value is -3.01. The molecule has 2 amide bonds. The van der Waals surface area contributed by atoms with Crippen molar-refractivity contribution in [1.82, 2.24) is 15.0 Å². The minimum Gasteiger partial charge on any atom is -0.465 e. The first-order valence-electron chi connectivity index (χ1n) is 8.65. The zero-order valence-electron chi connectivity index (χ0n) is 15.5. The van der Waals surface area contributed by atoms with Crippen molar-refractivity contribution in [3.8, 4) is 0 Å². The fraction of sp³-hybridized carbons (Fsp3) is 0.389. The highest BCUT2D eigenvalue weighted by Gasteiger charge is 2.24. The standard InChI is InChI=1S/C18H20F2N4O4/c1-11-7-12(22-28-11)10-23-3-5-24(6-4-23)18(26)21-16-8-13(17(25)27-2)14(19)9-15(16)20/h7-9H,3-6,10H2,1-2H3,(H,21,26). The Bertz CT molecular complexity index is 878. The maximum absolute atomic E-state index is 14.0. The average molecular weight is 394 g/mol. The van der Waals surface area contributed by atoms with Crippen molar-refractivity contribution >= 4 is 17.7 Å². The molecule has 1 N–H and O–H groups in total. The van der Waals surface area contributed by atoms with Gasteiger partial charge < -0.3 is 19.5 Å². The second-order valence-corrected chi connectivity index (χ2v) is 6.43. The number of halogens is 2. The van der Waals surface area contributed by atoms with Crippen LogP contribution in [0.2, 0.25) is 0 Å². The first-order valence-corrected chi connectivity index (χ1v) is 8.65. The van der Waals surface area contributed by atoms with Crippen molar-refractivity contribution in [2.75, 3.05) is 38.6 Å². The molecule has 2 aromatic rings. The van der Waals surface area contributed by atoms with Gasteiger partial charge in [0.25, 0.3) is 0 Å². The van der Waals surface area contributed by atoms with Gasteiger partial charge in [-0.3, -0.25) is 4.90 Å². The molecule has 150 valence electrons. The predicted molar refractivity (Wildman–Crippen MR) is 94.8 cm³/mol. The number of carbonyl (C=O) groups excluding carboxylic acids is 2. The number of benzene rings is 1. The number of ether oxygens (including phenoxy) is 1. The number of urea groups is 1. The van der Waals surface area contributed by atoms with Crippen LogP contribution in [0.4, 0.5) is 19.3 Å². The Morgan fingerprint density at radius 3 is 2.50 bits per heavy atom. The summed E-state index contributed by atoms with van der Waals surface area (Å²) in [5, 5.41) is 6.33. The van der Waals surface area contributed by atoms with E-state index in [2.05, 4.69) is 20.1 Å². The lowest BCUT2D eigenvalue weighted by molar-refractivity contribution is 0.0595. The lowest BCUT2D eigenvalue weighted by Gasteiger charge is -2.34. The summed E-state index contributed by atoms with van der Waals surface area (Å²) in [7, 11) is 1.09. The summed E-state index contributed by atoms with van der Waals surface area (Å²) in [6.07, 6.45) is 0. The maximum atomic E-state index is 14.0. The number of hydrogen-bond donors (Lipinski definition) is 1. The van der Waals surface area contributed by atoms with E-state index in [4.69, 9.17) is 4.52 Å². The molecule has 0 bridgehead atoms. The van der Waals surface area contributed by atoms with E-state index in [1.165, 1.54) is 4.90 Å². The Morgan fingerprint density at radius 1 is 1.18 bits per heavy atom. The van der Waals surface area contributed by atoms with Crippen LogP contribution in [0.1, 0.15) is 21.8 Å². The summed E-state index contributed by atoms with van der Waals surface area (Å²) in [6.45, 7) is 4.50. The van der Waals surface area contributed by atoms with E-state index in [0.717, 1.165) is 24.6 Å². The van der Waals surface area contributed by atoms with Crippen LogP contribution in [0.15, 0.2) is 22.7 Å². The SMILES string of the molecule is COC(=O)c1cc(NC(=O)N2CCN(Cc3cc(C)on3)CC2)c(F)cc1F. The normalized spacial score (nSPS) is 14.8. The Labute approximate surface area is 160 Å². The van der Waals surface area contributed by atoms with Crippen molar-refractivity contribution in [3.63, 3.8) is 0 Å². The number of methoxy groups -OCH3 is 1. The molecule has 0 spiro atoms. The zero-order chi connectivity index (χ0) is 20.3. The van der Waals surface area contributed by atoms with Gasteiger partial charge in [-0.15, -0.1) is 0 Å². The summed E-state index contributed by atoms with van der Waals surface area (Å²) < 4.78 is 37.2. The molecule has 28 heavy (non-hydrogen) atoms. The number of rotatable bonds is 4. The second kappa shape index (κ2) is 8.34. The molecular formula is C18H20F2N4O4. The van der Waals surface area contributed by atoms with Gasteiger partial charge in [0.05, 0.1) is 24.1 Å². The molecule has 0 unspecified atom stereocenters. The fourth-order valence-electron chi connectivity index (χ4n) is 2.94. The van der Waals surface area contributed by atoms with E-state index in [0.29, 0.717) is 38.8 Å². The number of hydrogen-bond acceptors (Lipinski definition) is 6. The van der Waals surface area contributed by atoms with Crippen molar-refractivity contribution in [2.24, 2.45) is 0 Å². The van der Waals surface area contributed by atoms with Gasteiger partial charge in [0.15, 0.2) is 0 Å². The molecule has 1 fully saturated rings. The molecule has 1 aromatic carbocycles. The number of carbonyl (C=O) groups is 2. The van der Waals surface area contributed by atoms with E-state index in [9.17, 15) is 18.4 Å². The van der Waals surface area contributed by atoms with Crippen LogP contribution in [0.3, 0.4) is 0 Å². The maximum Gasteiger partial charge on any atom is 0.340 e. The van der Waals surface area contributed by atoms with E-state index >= 15 is 0 Å². The molecule has 0 atom stereocenters. The van der Waals surface area contributed by atoms with E-state index in [-0.39, 0.29) is 5.69 Å². The predicted octanol–water partition coefficient (Wildman–Crippen LogP) is 2.40. The molecule has 1 aromatic heterocycles. The minimum absolute atomic E-state index is 0.285. The zero-order valence-corrected chi connectivity index (χ0v) is 15.5. The number of anilines is 1. The Kier molecular flexibility index (Phi) is 5.88. The smallest absolute Gasteiger partial charge is 0.340 e. The fourth-order valence-corrected chi connectivity index (χ4v) is 2.94. The van der Waals surface area contributed by atoms with Gasteiger partial charge in [-0.25, -0.2) is 18.4 Å². The van der Waals surface area contributed by atoms with Crippen LogP contribution in [-0.2, 0) is 11.3 Å². The van der Waals surface area contributed by atoms with E-state index < -0.39 is 29.2 Å². The summed E-state index contributed by atoms with van der Waals surface area (Å²) in [5.74, 6) is -2.25. The van der Waals surface area contributed by atoms with Gasteiger partial charge in [0.1, 0.15) is 17.4 Å². The van der Waals surface area contributed by atoms with Gasteiger partial charge in [-0.05, 0) is 13.0 Å². The summed E-state index contributed by atoms with van der Waals surface area (Å²) >= 11 is 0. The van der Waals surface area contributed by atoms with E-state index in [1.807, 2.05) is 13.0 Å². The van der Waals surface area contributed by atoms with Crippen molar-refractivity contribution < 1.29 is 27.6 Å². The number of nitrogens with zero attached hydrogens (tertiary/aromatic N) is 3. The van der Waals surface area contributed by atoms with Gasteiger partial charge in [-0.2, -0.15) is 0 Å². The van der Waals surface area contributed by atoms with Gasteiger partial charge in [-0.1, -0.05) is 5.16 Å². The highest BCUT2D eigenvalue weighted by atomic mass is 19.1. The highest BCUT2D eigenvalue weighted by Crippen LogP contribution is 2.21. The van der Waals surface area contributed by atoms with Crippen LogP contribution in [-0.4, -0.2) is 60.2 Å². The van der Waals surface area contributed by atoms with Gasteiger partial charge in [0, 0.05) is 44.9 Å². The number of amides is 2. The van der Waals surface area contributed by atoms with Crippen LogP contribution in [0, 0.1) is 18.6 Å². The van der Waals surface area contributed by atoms with Crippen molar-refractivity contribution in [3.05, 3.63) is 46.9 Å². The van der Waals surface area contributed by atoms with Crippen LogP contribution in [0.5, 0.6) is 0 Å². The largest absolute Gasteiger partial charge is 0.465 e. The molecule has 0 radical (unpaired) electrons. The molecule has 1 aliphatic heterocycles. The number of nitrogens with one attached hydrogen (secondary N) is 1. The minimum atomic E-state index is -1.06. The Balaban J connectivity index is 1.59. The van der Waals surface area contributed by atoms with Crippen LogP contribution < -0.4 is 5.32 Å². The molecule has 10 heteroatoms. The second-order valence-electron chi connectivity index (χ2n) is 6.43. The first-order chi connectivity index (χ1) is 13.4. The molecule has 8 nitrogen and oxygen atoms in total. The quantitative estimate of drug-likeness (QED) is 0.802. The molecule has 1 saturated heterocycles. The molecule has 2 heterocycles. The molecular weight excluding hydrogens is 374 g/mol. The number of aryl methyl sites for hydroxylation is 1. The summed E-state index contributed by atoms with van der Waals surface area (Å²) in [6, 6.07) is 2.80. The third kappa shape index (κ3) is 4.45. The van der Waals surface area contributed by atoms with Crippen LogP contribution >= 0.6 is 0 Å². The van der Waals surface area contributed by atoms with Crippen LogP contribution in [0.25, 0.3) is 0 Å². The molecule has 0 aliphatic carbocycles. The first kappa shape index (κ1) is 19.7. The summed E-state index contributed by atoms with van der Waals surface area (Å²) in [4.78, 5) is 27.6. The molecule has 3 rings (SSSR count). The van der Waals surface area contributed by atoms with Gasteiger partial charge in [0.2, 0.25) is 0 Å². The monoisotopic (exact) mass is 394 g/mol. The van der Waals surface area contributed by atoms with Gasteiger partial charge >= 0.3 is 12.0 Å². The molecule has 1 aliphatic rings. The number of aromatic nitrogens is 1. The van der Waals surface area contributed by atoms with Crippen molar-refractivity contribution in [2.45, 2.75) is 13.5 Å². The third-order valence-electron chi connectivity index (χ3n) is 4.43. The lowest BCUT2D eigenvalue weighted by Crippen LogP contribution is -2.49. The third-order valence-corrected chi connectivity index (χ3v) is 4.43. The highest BCUT2D eigenvalue weighted by molar-refractivity contribution is 5.94. The summed E-state index contributed by atoms with van der Waals surface area (Å²) in [5.41, 5.74) is 0.0818. The topological polar surface area (TPSA) is 87.9 Å².